The number of aliphatic hydroxyl groups is 1. The van der Waals surface area contributed by atoms with Gasteiger partial charge in [-0.15, -0.1) is 0 Å². The summed E-state index contributed by atoms with van der Waals surface area (Å²) >= 11 is 0. The number of hydrogen-bond acceptors (Lipinski definition) is 3. The molecule has 1 fully saturated rings. The van der Waals surface area contributed by atoms with E-state index < -0.39 is 5.54 Å². The zero-order valence-corrected chi connectivity index (χ0v) is 13.9. The lowest BCUT2D eigenvalue weighted by Crippen LogP contribution is -2.54. The normalized spacial score (nSPS) is 17.8. The van der Waals surface area contributed by atoms with Gasteiger partial charge in [0.05, 0.1) is 24.7 Å². The maximum Gasteiger partial charge on any atom is 0.315 e. The molecule has 2 amide bonds. The summed E-state index contributed by atoms with van der Waals surface area (Å²) in [4.78, 5) is 12.5. The fraction of sp³-hybridized carbons (Fsp3) is 0.444. The number of rotatable bonds is 7. The highest BCUT2D eigenvalue weighted by Crippen LogP contribution is 2.39. The fourth-order valence-electron chi connectivity index (χ4n) is 2.96. The van der Waals surface area contributed by atoms with Crippen LogP contribution in [0.15, 0.2) is 48.8 Å². The smallest absolute Gasteiger partial charge is 0.315 e. The molecular weight excluding hydrogens is 304 g/mol. The van der Waals surface area contributed by atoms with Crippen molar-refractivity contribution in [1.82, 2.24) is 20.4 Å². The first-order chi connectivity index (χ1) is 11.6. The van der Waals surface area contributed by atoms with Gasteiger partial charge in [0, 0.05) is 12.4 Å². The van der Waals surface area contributed by atoms with Crippen LogP contribution >= 0.6 is 0 Å². The van der Waals surface area contributed by atoms with Gasteiger partial charge in [0.25, 0.3) is 0 Å². The molecule has 0 spiro atoms. The zero-order valence-electron chi connectivity index (χ0n) is 13.9. The number of hydrogen-bond donors (Lipinski definition) is 3. The van der Waals surface area contributed by atoms with Crippen LogP contribution < -0.4 is 10.6 Å². The summed E-state index contributed by atoms with van der Waals surface area (Å²) in [7, 11) is 0. The van der Waals surface area contributed by atoms with Gasteiger partial charge in [-0.3, -0.25) is 4.68 Å². The van der Waals surface area contributed by atoms with Gasteiger partial charge in [-0.1, -0.05) is 30.3 Å². The Morgan fingerprint density at radius 1 is 1.38 bits per heavy atom. The molecule has 0 radical (unpaired) electrons. The molecule has 1 saturated carbocycles. The summed E-state index contributed by atoms with van der Waals surface area (Å²) in [5.74, 6) is 0.356. The summed E-state index contributed by atoms with van der Waals surface area (Å²) in [6.07, 6.45) is 5.69. The van der Waals surface area contributed by atoms with Crippen LogP contribution in [0, 0.1) is 5.92 Å². The van der Waals surface area contributed by atoms with Crippen molar-refractivity contribution >= 4 is 6.03 Å². The van der Waals surface area contributed by atoms with Crippen molar-refractivity contribution in [2.45, 2.75) is 37.9 Å². The Hall–Kier alpha value is -2.34. The Kier molecular flexibility index (Phi) is 4.85. The highest BCUT2D eigenvalue weighted by atomic mass is 16.3. The van der Waals surface area contributed by atoms with Gasteiger partial charge in [0.1, 0.15) is 0 Å². The molecule has 3 rings (SSSR count). The average molecular weight is 328 g/mol. The summed E-state index contributed by atoms with van der Waals surface area (Å²) in [6.45, 7) is 2.39. The third-order valence-corrected chi connectivity index (χ3v) is 4.64. The van der Waals surface area contributed by atoms with Gasteiger partial charge in [0.15, 0.2) is 0 Å². The Morgan fingerprint density at radius 2 is 2.12 bits per heavy atom. The highest BCUT2D eigenvalue weighted by molar-refractivity contribution is 5.75. The monoisotopic (exact) mass is 328 g/mol. The van der Waals surface area contributed by atoms with E-state index >= 15 is 0 Å². The number of amides is 2. The largest absolute Gasteiger partial charge is 0.394 e. The molecule has 2 atom stereocenters. The zero-order chi connectivity index (χ0) is 17.0. The second kappa shape index (κ2) is 7.05. The first-order valence-corrected chi connectivity index (χ1v) is 8.32. The second-order valence-corrected chi connectivity index (χ2v) is 6.64. The molecule has 6 heteroatoms. The third-order valence-electron chi connectivity index (χ3n) is 4.64. The molecule has 1 aromatic heterocycles. The molecule has 0 saturated heterocycles. The van der Waals surface area contributed by atoms with Crippen LogP contribution in [0.3, 0.4) is 0 Å². The van der Waals surface area contributed by atoms with Crippen molar-refractivity contribution in [3.8, 4) is 0 Å². The van der Waals surface area contributed by atoms with Crippen molar-refractivity contribution in [2.24, 2.45) is 5.92 Å². The van der Waals surface area contributed by atoms with Crippen LogP contribution in [0.4, 0.5) is 4.79 Å². The average Bonchev–Trinajstić information content (AvgIpc) is 3.34. The van der Waals surface area contributed by atoms with E-state index in [1.807, 2.05) is 49.5 Å². The lowest BCUT2D eigenvalue weighted by atomic mass is 9.97. The van der Waals surface area contributed by atoms with E-state index in [0.717, 1.165) is 18.4 Å². The molecule has 1 heterocycles. The topological polar surface area (TPSA) is 79.2 Å². The lowest BCUT2D eigenvalue weighted by Gasteiger charge is -2.30. The molecule has 0 unspecified atom stereocenters. The number of carbonyl (C=O) groups excluding carboxylic acids is 1. The molecular formula is C18H24N4O2. The first kappa shape index (κ1) is 16.5. The van der Waals surface area contributed by atoms with Crippen molar-refractivity contribution < 1.29 is 9.90 Å². The summed E-state index contributed by atoms with van der Waals surface area (Å²) < 4.78 is 1.80. The molecule has 0 bridgehead atoms. The predicted molar refractivity (Wildman–Crippen MR) is 91.3 cm³/mol. The van der Waals surface area contributed by atoms with Crippen LogP contribution in [0.5, 0.6) is 0 Å². The Morgan fingerprint density at radius 3 is 2.71 bits per heavy atom. The van der Waals surface area contributed by atoms with E-state index in [-0.39, 0.29) is 18.7 Å². The minimum Gasteiger partial charge on any atom is -0.394 e. The summed E-state index contributed by atoms with van der Waals surface area (Å²) in [5, 5.41) is 19.8. The molecule has 1 aliphatic rings. The first-order valence-electron chi connectivity index (χ1n) is 8.32. The van der Waals surface area contributed by atoms with Crippen LogP contribution in [0.2, 0.25) is 0 Å². The Balaban J connectivity index is 1.70. The number of aliphatic hydroxyl groups excluding tert-OH is 1. The number of urea groups is 1. The Bertz CT molecular complexity index is 655. The van der Waals surface area contributed by atoms with E-state index in [9.17, 15) is 9.90 Å². The van der Waals surface area contributed by atoms with E-state index in [1.165, 1.54) is 0 Å². The van der Waals surface area contributed by atoms with Gasteiger partial charge < -0.3 is 15.7 Å². The molecule has 1 aromatic carbocycles. The van der Waals surface area contributed by atoms with Crippen LogP contribution in [0.25, 0.3) is 0 Å². The number of nitrogens with one attached hydrogen (secondary N) is 2. The van der Waals surface area contributed by atoms with Gasteiger partial charge in [-0.25, -0.2) is 4.79 Å². The quantitative estimate of drug-likeness (QED) is 0.728. The molecule has 3 N–H and O–H groups in total. The minimum absolute atomic E-state index is 0.0553. The lowest BCUT2D eigenvalue weighted by molar-refractivity contribution is 0.153. The van der Waals surface area contributed by atoms with Crippen molar-refractivity contribution in [1.29, 1.82) is 0 Å². The Labute approximate surface area is 141 Å². The van der Waals surface area contributed by atoms with Crippen molar-refractivity contribution in [2.75, 3.05) is 6.61 Å². The fourth-order valence-corrected chi connectivity index (χ4v) is 2.96. The van der Waals surface area contributed by atoms with Crippen molar-refractivity contribution in [3.63, 3.8) is 0 Å². The van der Waals surface area contributed by atoms with E-state index in [4.69, 9.17) is 0 Å². The molecule has 128 valence electrons. The summed E-state index contributed by atoms with van der Waals surface area (Å²) in [6, 6.07) is 11.2. The van der Waals surface area contributed by atoms with E-state index in [2.05, 4.69) is 15.7 Å². The molecule has 24 heavy (non-hydrogen) atoms. The number of carbonyl (C=O) groups is 1. The third kappa shape index (κ3) is 3.94. The summed E-state index contributed by atoms with van der Waals surface area (Å²) in [5.41, 5.74) is 0.456. The SMILES string of the molecule is C[C@@](CO)(NC(=O)N[C@@H](Cn1cccn1)c1ccccc1)C1CC1. The van der Waals surface area contributed by atoms with Gasteiger partial charge >= 0.3 is 6.03 Å². The second-order valence-electron chi connectivity index (χ2n) is 6.64. The number of benzene rings is 1. The number of aromatic nitrogens is 2. The predicted octanol–water partition coefficient (Wildman–Crippen LogP) is 2.08. The van der Waals surface area contributed by atoms with Crippen LogP contribution in [-0.2, 0) is 6.54 Å². The van der Waals surface area contributed by atoms with Crippen LogP contribution in [-0.4, -0.2) is 33.1 Å². The maximum absolute atomic E-state index is 12.5. The van der Waals surface area contributed by atoms with Gasteiger partial charge in [-0.2, -0.15) is 5.10 Å². The molecule has 6 nitrogen and oxygen atoms in total. The molecule has 1 aliphatic carbocycles. The maximum atomic E-state index is 12.5. The highest BCUT2D eigenvalue weighted by Gasteiger charge is 2.42. The van der Waals surface area contributed by atoms with E-state index in [0.29, 0.717) is 12.5 Å². The van der Waals surface area contributed by atoms with Crippen molar-refractivity contribution in [3.05, 3.63) is 54.4 Å². The standard InChI is InChI=1S/C18H24N4O2/c1-18(13-23,15-8-9-15)21-17(24)20-16(12-22-11-5-10-19-22)14-6-3-2-4-7-14/h2-7,10-11,15-16,23H,8-9,12-13H2,1H3,(H2,20,21,24)/t16-,18-/m0/s1. The van der Waals surface area contributed by atoms with Gasteiger partial charge in [-0.05, 0) is 37.3 Å². The minimum atomic E-state index is -0.559. The number of nitrogens with zero attached hydrogens (tertiary/aromatic N) is 2. The van der Waals surface area contributed by atoms with Crippen LogP contribution in [0.1, 0.15) is 31.4 Å². The molecule has 0 aliphatic heterocycles. The van der Waals surface area contributed by atoms with E-state index in [1.54, 1.807) is 10.9 Å². The van der Waals surface area contributed by atoms with Gasteiger partial charge in [0.2, 0.25) is 0 Å². The molecule has 2 aromatic rings.